The Labute approximate surface area is 114 Å². The molecule has 0 saturated carbocycles. The number of alkyl carbamates (subject to hydrolysis) is 1. The Balaban J connectivity index is 3.84. The van der Waals surface area contributed by atoms with Crippen LogP contribution >= 0.6 is 0 Å². The molecule has 2 unspecified atom stereocenters. The molecule has 0 aromatic carbocycles. The number of aliphatic hydroxyl groups is 1. The van der Waals surface area contributed by atoms with E-state index in [0.717, 1.165) is 0 Å². The molecule has 0 aliphatic carbocycles. The minimum Gasteiger partial charge on any atom is -0.469 e. The second kappa shape index (κ2) is 7.99. The van der Waals surface area contributed by atoms with Crippen molar-refractivity contribution in [3.63, 3.8) is 0 Å². The van der Waals surface area contributed by atoms with Gasteiger partial charge in [0, 0.05) is 6.54 Å². The van der Waals surface area contributed by atoms with Gasteiger partial charge in [0.25, 0.3) is 0 Å². The van der Waals surface area contributed by atoms with E-state index in [1.807, 2.05) is 0 Å². The predicted octanol–water partition coefficient (Wildman–Crippen LogP) is 1.46. The first-order chi connectivity index (χ1) is 8.65. The highest BCUT2D eigenvalue weighted by Gasteiger charge is 2.18. The van der Waals surface area contributed by atoms with Crippen molar-refractivity contribution in [3.05, 3.63) is 0 Å². The summed E-state index contributed by atoms with van der Waals surface area (Å²) in [6, 6.07) is 0. The third-order valence-corrected chi connectivity index (χ3v) is 2.42. The summed E-state index contributed by atoms with van der Waals surface area (Å²) in [6.07, 6.45) is -0.359. The van der Waals surface area contributed by atoms with Gasteiger partial charge in [0.1, 0.15) is 5.60 Å². The summed E-state index contributed by atoms with van der Waals surface area (Å²) in [4.78, 5) is 22.5. The van der Waals surface area contributed by atoms with E-state index in [-0.39, 0.29) is 18.4 Å². The highest BCUT2D eigenvalue weighted by molar-refractivity contribution is 5.71. The second-order valence-electron chi connectivity index (χ2n) is 5.54. The molecule has 6 heteroatoms. The van der Waals surface area contributed by atoms with Gasteiger partial charge >= 0.3 is 12.1 Å². The highest BCUT2D eigenvalue weighted by Crippen LogP contribution is 2.10. The van der Waals surface area contributed by atoms with Gasteiger partial charge in [0.15, 0.2) is 0 Å². The zero-order valence-electron chi connectivity index (χ0n) is 12.4. The van der Waals surface area contributed by atoms with Crippen LogP contribution in [0.15, 0.2) is 0 Å². The van der Waals surface area contributed by atoms with Crippen molar-refractivity contribution < 1.29 is 24.2 Å². The maximum atomic E-state index is 11.3. The lowest BCUT2D eigenvalue weighted by atomic mass is 10.0. The van der Waals surface area contributed by atoms with Crippen LogP contribution in [0.4, 0.5) is 4.79 Å². The number of hydrogen-bond donors (Lipinski definition) is 2. The minimum atomic E-state index is -0.709. The zero-order chi connectivity index (χ0) is 15.1. The Bertz CT molecular complexity index is 298. The Kier molecular flexibility index (Phi) is 7.44. The number of carbonyl (C=O) groups excluding carboxylic acids is 2. The van der Waals surface area contributed by atoms with Crippen LogP contribution in [0.2, 0.25) is 0 Å². The molecule has 0 bridgehead atoms. The molecule has 0 heterocycles. The standard InChI is InChI=1S/C13H25NO5/c1-9(11(16)18-5)6-7-10(15)8-14-12(17)19-13(2,3)4/h9-10,15H,6-8H2,1-5H3,(H,14,17). The van der Waals surface area contributed by atoms with Crippen molar-refractivity contribution in [3.8, 4) is 0 Å². The molecule has 112 valence electrons. The van der Waals surface area contributed by atoms with Gasteiger partial charge in [0.05, 0.1) is 19.1 Å². The molecule has 0 radical (unpaired) electrons. The van der Waals surface area contributed by atoms with Crippen molar-refractivity contribution in [1.29, 1.82) is 0 Å². The first-order valence-electron chi connectivity index (χ1n) is 6.38. The number of carbonyl (C=O) groups is 2. The minimum absolute atomic E-state index is 0.100. The van der Waals surface area contributed by atoms with E-state index in [4.69, 9.17) is 4.74 Å². The molecule has 2 N–H and O–H groups in total. The predicted molar refractivity (Wildman–Crippen MR) is 70.7 cm³/mol. The molecule has 1 amide bonds. The van der Waals surface area contributed by atoms with Gasteiger partial charge in [-0.15, -0.1) is 0 Å². The average molecular weight is 275 g/mol. The van der Waals surface area contributed by atoms with Gasteiger partial charge in [-0.25, -0.2) is 4.79 Å². The molecule has 2 atom stereocenters. The molecular weight excluding hydrogens is 250 g/mol. The number of nitrogens with one attached hydrogen (secondary N) is 1. The summed E-state index contributed by atoms with van der Waals surface area (Å²) in [6.45, 7) is 7.13. The SMILES string of the molecule is COC(=O)C(C)CCC(O)CNC(=O)OC(C)(C)C. The zero-order valence-corrected chi connectivity index (χ0v) is 12.4. The smallest absolute Gasteiger partial charge is 0.407 e. The maximum absolute atomic E-state index is 11.3. The summed E-state index contributed by atoms with van der Waals surface area (Å²) < 4.78 is 9.62. The van der Waals surface area contributed by atoms with Crippen LogP contribution in [0, 0.1) is 5.92 Å². The molecule has 6 nitrogen and oxygen atoms in total. The van der Waals surface area contributed by atoms with Gasteiger partial charge in [0.2, 0.25) is 0 Å². The molecule has 0 aliphatic heterocycles. The molecule has 19 heavy (non-hydrogen) atoms. The summed E-state index contributed by atoms with van der Waals surface area (Å²) in [7, 11) is 1.33. The van der Waals surface area contributed by atoms with Gasteiger partial charge in [-0.05, 0) is 33.6 Å². The fraction of sp³-hybridized carbons (Fsp3) is 0.846. The van der Waals surface area contributed by atoms with Crippen molar-refractivity contribution in [2.75, 3.05) is 13.7 Å². The molecule has 0 aromatic heterocycles. The number of methoxy groups -OCH3 is 1. The molecular formula is C13H25NO5. The maximum Gasteiger partial charge on any atom is 0.407 e. The van der Waals surface area contributed by atoms with Crippen molar-refractivity contribution in [2.45, 2.75) is 52.2 Å². The normalized spacial score (nSPS) is 14.4. The molecule has 0 saturated heterocycles. The van der Waals surface area contributed by atoms with E-state index in [1.54, 1.807) is 27.7 Å². The second-order valence-corrected chi connectivity index (χ2v) is 5.54. The number of ether oxygens (including phenoxy) is 2. The van der Waals surface area contributed by atoms with Crippen molar-refractivity contribution >= 4 is 12.1 Å². The van der Waals surface area contributed by atoms with Crippen LogP contribution in [0.5, 0.6) is 0 Å². The third-order valence-electron chi connectivity index (χ3n) is 2.42. The van der Waals surface area contributed by atoms with Crippen LogP contribution in [0.25, 0.3) is 0 Å². The van der Waals surface area contributed by atoms with E-state index < -0.39 is 17.8 Å². The van der Waals surface area contributed by atoms with E-state index >= 15 is 0 Å². The molecule has 0 spiro atoms. The molecule has 0 aromatic rings. The fourth-order valence-corrected chi connectivity index (χ4v) is 1.38. The quantitative estimate of drug-likeness (QED) is 0.717. The van der Waals surface area contributed by atoms with E-state index in [2.05, 4.69) is 10.1 Å². The van der Waals surface area contributed by atoms with E-state index in [9.17, 15) is 14.7 Å². The lowest BCUT2D eigenvalue weighted by Gasteiger charge is -2.20. The summed E-state index contributed by atoms with van der Waals surface area (Å²) in [5.74, 6) is -0.562. The average Bonchev–Trinajstić information content (AvgIpc) is 2.30. The monoisotopic (exact) mass is 275 g/mol. The Morgan fingerprint density at radius 1 is 1.26 bits per heavy atom. The van der Waals surface area contributed by atoms with Crippen LogP contribution in [0.1, 0.15) is 40.5 Å². The lowest BCUT2D eigenvalue weighted by molar-refractivity contribution is -0.145. The molecule has 0 fully saturated rings. The van der Waals surface area contributed by atoms with Crippen LogP contribution in [-0.2, 0) is 14.3 Å². The first-order valence-corrected chi connectivity index (χ1v) is 6.38. The lowest BCUT2D eigenvalue weighted by Crippen LogP contribution is -2.37. The number of aliphatic hydroxyl groups excluding tert-OH is 1. The fourth-order valence-electron chi connectivity index (χ4n) is 1.38. The van der Waals surface area contributed by atoms with Crippen LogP contribution < -0.4 is 5.32 Å². The number of esters is 1. The Morgan fingerprint density at radius 2 is 1.84 bits per heavy atom. The molecule has 0 rings (SSSR count). The van der Waals surface area contributed by atoms with Gasteiger partial charge in [-0.1, -0.05) is 6.92 Å². The topological polar surface area (TPSA) is 84.9 Å². The molecule has 0 aliphatic rings. The van der Waals surface area contributed by atoms with Crippen LogP contribution in [0.3, 0.4) is 0 Å². The van der Waals surface area contributed by atoms with Crippen LogP contribution in [-0.4, -0.2) is 42.5 Å². The van der Waals surface area contributed by atoms with Gasteiger partial charge in [-0.2, -0.15) is 0 Å². The van der Waals surface area contributed by atoms with Gasteiger partial charge in [-0.3, -0.25) is 4.79 Å². The summed E-state index contributed by atoms with van der Waals surface area (Å²) >= 11 is 0. The summed E-state index contributed by atoms with van der Waals surface area (Å²) in [5.41, 5.74) is -0.561. The number of amides is 1. The van der Waals surface area contributed by atoms with Crippen molar-refractivity contribution in [1.82, 2.24) is 5.32 Å². The number of hydrogen-bond acceptors (Lipinski definition) is 5. The summed E-state index contributed by atoms with van der Waals surface area (Å²) in [5, 5.41) is 12.2. The Hall–Kier alpha value is -1.30. The largest absolute Gasteiger partial charge is 0.469 e. The Morgan fingerprint density at radius 3 is 2.32 bits per heavy atom. The third kappa shape index (κ3) is 9.30. The van der Waals surface area contributed by atoms with Gasteiger partial charge < -0.3 is 19.9 Å². The van der Waals surface area contributed by atoms with Crippen molar-refractivity contribution in [2.24, 2.45) is 5.92 Å². The highest BCUT2D eigenvalue weighted by atomic mass is 16.6. The van der Waals surface area contributed by atoms with E-state index in [1.165, 1.54) is 7.11 Å². The number of rotatable bonds is 6. The van der Waals surface area contributed by atoms with E-state index in [0.29, 0.717) is 12.8 Å². The first kappa shape index (κ1) is 17.7.